The maximum atomic E-state index is 6.10. The van der Waals surface area contributed by atoms with Gasteiger partial charge in [-0.05, 0) is 43.2 Å². The summed E-state index contributed by atoms with van der Waals surface area (Å²) in [6, 6.07) is 9.84. The fourth-order valence-corrected chi connectivity index (χ4v) is 3.04. The van der Waals surface area contributed by atoms with Crippen molar-refractivity contribution in [2.24, 2.45) is 0 Å². The fraction of sp³-hybridized carbons (Fsp3) is 0.500. The van der Waals surface area contributed by atoms with Crippen LogP contribution in [0.15, 0.2) is 36.5 Å². The summed E-state index contributed by atoms with van der Waals surface area (Å²) >= 11 is 0. The molecule has 5 nitrogen and oxygen atoms in total. The summed E-state index contributed by atoms with van der Waals surface area (Å²) in [4.78, 5) is 11.5. The molecule has 0 bridgehead atoms. The molecular formula is C20H27N3O2. The first-order chi connectivity index (χ1) is 12.1. The zero-order valence-electron chi connectivity index (χ0n) is 15.3. The van der Waals surface area contributed by atoms with Crippen molar-refractivity contribution < 1.29 is 9.47 Å². The minimum Gasteiger partial charge on any atom is -0.497 e. The quantitative estimate of drug-likeness (QED) is 0.802. The molecule has 1 aromatic carbocycles. The van der Waals surface area contributed by atoms with Crippen molar-refractivity contribution in [3.63, 3.8) is 0 Å². The summed E-state index contributed by atoms with van der Waals surface area (Å²) in [5.41, 5.74) is 1.10. The Hall–Kier alpha value is -2.14. The molecule has 1 aliphatic heterocycles. The van der Waals surface area contributed by atoms with E-state index in [2.05, 4.69) is 28.7 Å². The molecule has 2 aromatic rings. The molecule has 1 aromatic heterocycles. The van der Waals surface area contributed by atoms with Crippen LogP contribution >= 0.6 is 0 Å². The number of hydrogen-bond donors (Lipinski definition) is 0. The van der Waals surface area contributed by atoms with Crippen LogP contribution < -0.4 is 9.47 Å². The van der Waals surface area contributed by atoms with Crippen molar-refractivity contribution in [3.8, 4) is 11.5 Å². The van der Waals surface area contributed by atoms with Gasteiger partial charge >= 0.3 is 0 Å². The number of benzene rings is 1. The van der Waals surface area contributed by atoms with Crippen molar-refractivity contribution in [2.75, 3.05) is 20.2 Å². The minimum absolute atomic E-state index is 0.279. The maximum Gasteiger partial charge on any atom is 0.131 e. The van der Waals surface area contributed by atoms with E-state index in [0.717, 1.165) is 55.5 Å². The third kappa shape index (κ3) is 4.92. The van der Waals surface area contributed by atoms with Crippen molar-refractivity contribution in [2.45, 2.75) is 45.3 Å². The third-order valence-electron chi connectivity index (χ3n) is 4.53. The van der Waals surface area contributed by atoms with Gasteiger partial charge in [-0.2, -0.15) is 0 Å². The Morgan fingerprint density at radius 3 is 2.40 bits per heavy atom. The largest absolute Gasteiger partial charge is 0.497 e. The van der Waals surface area contributed by atoms with E-state index in [-0.39, 0.29) is 6.10 Å². The van der Waals surface area contributed by atoms with E-state index in [9.17, 15) is 0 Å². The molecule has 25 heavy (non-hydrogen) atoms. The van der Waals surface area contributed by atoms with Crippen LogP contribution in [0.2, 0.25) is 0 Å². The Morgan fingerprint density at radius 2 is 1.76 bits per heavy atom. The van der Waals surface area contributed by atoms with Crippen LogP contribution in [0.1, 0.15) is 44.1 Å². The van der Waals surface area contributed by atoms with Crippen LogP contribution in [-0.2, 0) is 6.54 Å². The second kappa shape index (κ2) is 8.30. The second-order valence-corrected chi connectivity index (χ2v) is 6.83. The lowest BCUT2D eigenvalue weighted by Gasteiger charge is -2.32. The smallest absolute Gasteiger partial charge is 0.131 e. The number of aromatic nitrogens is 2. The molecular weight excluding hydrogens is 314 g/mol. The zero-order chi connectivity index (χ0) is 17.6. The van der Waals surface area contributed by atoms with Crippen LogP contribution in [0.3, 0.4) is 0 Å². The summed E-state index contributed by atoms with van der Waals surface area (Å²) in [5.74, 6) is 3.06. The molecule has 0 unspecified atom stereocenters. The molecule has 0 radical (unpaired) electrons. The van der Waals surface area contributed by atoms with Gasteiger partial charge in [0.25, 0.3) is 0 Å². The molecule has 0 amide bonds. The van der Waals surface area contributed by atoms with Crippen molar-refractivity contribution in [1.29, 1.82) is 0 Å². The highest BCUT2D eigenvalue weighted by Crippen LogP contribution is 2.22. The van der Waals surface area contributed by atoms with Crippen LogP contribution in [0.4, 0.5) is 0 Å². The predicted molar refractivity (Wildman–Crippen MR) is 98.0 cm³/mol. The average Bonchev–Trinajstić information content (AvgIpc) is 2.64. The monoisotopic (exact) mass is 341 g/mol. The van der Waals surface area contributed by atoms with E-state index in [0.29, 0.717) is 5.92 Å². The zero-order valence-corrected chi connectivity index (χ0v) is 15.3. The summed E-state index contributed by atoms with van der Waals surface area (Å²) in [6.45, 7) is 7.20. The van der Waals surface area contributed by atoms with Gasteiger partial charge in [-0.1, -0.05) is 13.8 Å². The average molecular weight is 341 g/mol. The SMILES string of the molecule is COc1ccc(OC2CCN(Cc3ccnc(C(C)C)n3)CC2)cc1. The topological polar surface area (TPSA) is 47.5 Å². The lowest BCUT2D eigenvalue weighted by atomic mass is 10.1. The molecule has 1 fully saturated rings. The summed E-state index contributed by atoms with van der Waals surface area (Å²) < 4.78 is 11.3. The highest BCUT2D eigenvalue weighted by molar-refractivity contribution is 5.31. The predicted octanol–water partition coefficient (Wildman–Crippen LogP) is 3.65. The summed E-state index contributed by atoms with van der Waals surface area (Å²) in [5, 5.41) is 0. The van der Waals surface area contributed by atoms with Gasteiger partial charge in [-0.15, -0.1) is 0 Å². The molecule has 0 atom stereocenters. The number of hydrogen-bond acceptors (Lipinski definition) is 5. The van der Waals surface area contributed by atoms with Crippen molar-refractivity contribution >= 4 is 0 Å². The lowest BCUT2D eigenvalue weighted by molar-refractivity contribution is 0.0960. The molecule has 2 heterocycles. The van der Waals surface area contributed by atoms with Gasteiger partial charge in [0.05, 0.1) is 12.8 Å². The number of nitrogens with zero attached hydrogens (tertiary/aromatic N) is 3. The fourth-order valence-electron chi connectivity index (χ4n) is 3.04. The first-order valence-corrected chi connectivity index (χ1v) is 8.99. The molecule has 0 aliphatic carbocycles. The van der Waals surface area contributed by atoms with Gasteiger partial charge in [0, 0.05) is 31.7 Å². The Morgan fingerprint density at radius 1 is 1.08 bits per heavy atom. The molecule has 134 valence electrons. The first-order valence-electron chi connectivity index (χ1n) is 8.99. The molecule has 0 spiro atoms. The van der Waals surface area contributed by atoms with Crippen LogP contribution in [-0.4, -0.2) is 41.2 Å². The number of likely N-dealkylation sites (tertiary alicyclic amines) is 1. The molecule has 3 rings (SSSR count). The van der Waals surface area contributed by atoms with Gasteiger partial charge in [0.2, 0.25) is 0 Å². The molecule has 1 saturated heterocycles. The van der Waals surface area contributed by atoms with E-state index in [1.54, 1.807) is 7.11 Å². The van der Waals surface area contributed by atoms with Gasteiger partial charge in [-0.3, -0.25) is 4.90 Å². The van der Waals surface area contributed by atoms with Gasteiger partial charge < -0.3 is 9.47 Å². The second-order valence-electron chi connectivity index (χ2n) is 6.83. The van der Waals surface area contributed by atoms with Crippen molar-refractivity contribution in [3.05, 3.63) is 48.0 Å². The van der Waals surface area contributed by atoms with Crippen LogP contribution in [0, 0.1) is 0 Å². The summed E-state index contributed by atoms with van der Waals surface area (Å²) in [6.07, 6.45) is 4.22. The lowest BCUT2D eigenvalue weighted by Crippen LogP contribution is -2.38. The van der Waals surface area contributed by atoms with Crippen molar-refractivity contribution in [1.82, 2.24) is 14.9 Å². The maximum absolute atomic E-state index is 6.10. The van der Waals surface area contributed by atoms with Crippen LogP contribution in [0.5, 0.6) is 11.5 Å². The molecule has 1 aliphatic rings. The van der Waals surface area contributed by atoms with Gasteiger partial charge in [0.1, 0.15) is 23.4 Å². The highest BCUT2D eigenvalue weighted by Gasteiger charge is 2.21. The highest BCUT2D eigenvalue weighted by atomic mass is 16.5. The van der Waals surface area contributed by atoms with Gasteiger partial charge in [-0.25, -0.2) is 9.97 Å². The Bertz CT molecular complexity index is 665. The number of ether oxygens (including phenoxy) is 2. The molecule has 0 saturated carbocycles. The van der Waals surface area contributed by atoms with Crippen LogP contribution in [0.25, 0.3) is 0 Å². The van der Waals surface area contributed by atoms with E-state index < -0.39 is 0 Å². The Kier molecular flexibility index (Phi) is 5.87. The third-order valence-corrected chi connectivity index (χ3v) is 4.53. The summed E-state index contributed by atoms with van der Waals surface area (Å²) in [7, 11) is 1.67. The Labute approximate surface area is 150 Å². The molecule has 5 heteroatoms. The van der Waals surface area contributed by atoms with E-state index in [1.807, 2.05) is 36.5 Å². The number of methoxy groups -OCH3 is 1. The number of piperidine rings is 1. The van der Waals surface area contributed by atoms with Gasteiger partial charge in [0.15, 0.2) is 0 Å². The standard InChI is InChI=1S/C20H27N3O2/c1-15(2)20-21-11-8-16(22-20)14-23-12-9-19(10-13-23)25-18-6-4-17(24-3)5-7-18/h4-8,11,15,19H,9-10,12-14H2,1-3H3. The normalized spacial score (nSPS) is 16.2. The number of rotatable bonds is 6. The molecule has 0 N–H and O–H groups in total. The minimum atomic E-state index is 0.279. The first kappa shape index (κ1) is 17.7. The van der Waals surface area contributed by atoms with E-state index in [1.165, 1.54) is 0 Å². The Balaban J connectivity index is 1.49. The van der Waals surface area contributed by atoms with E-state index >= 15 is 0 Å². The van der Waals surface area contributed by atoms with E-state index in [4.69, 9.17) is 9.47 Å².